The Labute approximate surface area is 226 Å². The average Bonchev–Trinajstić information content (AvgIpc) is 3.21. The molecule has 0 N–H and O–H groups in total. The van der Waals surface area contributed by atoms with Gasteiger partial charge in [0.05, 0.1) is 18.4 Å². The zero-order valence-corrected chi connectivity index (χ0v) is 23.6. The van der Waals surface area contributed by atoms with E-state index in [1.807, 2.05) is 79.7 Å². The van der Waals surface area contributed by atoms with Crippen LogP contribution in [0.4, 0.5) is 0 Å². The molecule has 0 radical (unpaired) electrons. The van der Waals surface area contributed by atoms with Crippen LogP contribution in [-0.2, 0) is 19.6 Å². The molecule has 0 amide bonds. The number of allylic oxidation sites excluding steroid dienone is 2. The summed E-state index contributed by atoms with van der Waals surface area (Å²) < 4.78 is 34.2. The lowest BCUT2D eigenvalue weighted by molar-refractivity contribution is -0.147. The molecule has 7 heteroatoms. The smallest absolute Gasteiger partial charge is 0.328 e. The first-order valence-electron chi connectivity index (χ1n) is 12.8. The summed E-state index contributed by atoms with van der Waals surface area (Å²) in [6.07, 6.45) is 9.08. The number of hydrogen-bond acceptors (Lipinski definition) is 4. The largest absolute Gasteiger partial charge is 0.465 e. The van der Waals surface area contributed by atoms with Crippen LogP contribution in [0.25, 0.3) is 0 Å². The summed E-state index contributed by atoms with van der Waals surface area (Å²) in [5, 5.41) is 3.28. The third kappa shape index (κ3) is 4.16. The topological polar surface area (TPSA) is 63.7 Å². The molecule has 196 valence electrons. The first kappa shape index (κ1) is 26.6. The van der Waals surface area contributed by atoms with Crippen molar-refractivity contribution in [2.24, 2.45) is 5.92 Å². The number of esters is 1. The lowest BCUT2D eigenvalue weighted by Gasteiger charge is -2.38. The highest BCUT2D eigenvalue weighted by atomic mass is 32.2. The van der Waals surface area contributed by atoms with Gasteiger partial charge in [0.2, 0.25) is 10.0 Å². The van der Waals surface area contributed by atoms with Crippen LogP contribution in [0, 0.1) is 5.92 Å². The maximum atomic E-state index is 14.0. The Hall–Kier alpha value is -3.05. The Morgan fingerprint density at radius 3 is 1.76 bits per heavy atom. The second-order valence-corrected chi connectivity index (χ2v) is 15.4. The number of rotatable bonds is 7. The second-order valence-electron chi connectivity index (χ2n) is 9.97. The Morgan fingerprint density at radius 2 is 1.34 bits per heavy atom. The maximum Gasteiger partial charge on any atom is 0.328 e. The molecule has 0 bridgehead atoms. The van der Waals surface area contributed by atoms with Crippen LogP contribution in [0.5, 0.6) is 0 Å². The van der Waals surface area contributed by atoms with Crippen LogP contribution in [0.2, 0.25) is 0 Å². The van der Waals surface area contributed by atoms with Gasteiger partial charge in [0, 0.05) is 5.92 Å². The van der Waals surface area contributed by atoms with E-state index in [0.717, 1.165) is 15.9 Å². The minimum Gasteiger partial charge on any atom is -0.465 e. The van der Waals surface area contributed by atoms with Crippen LogP contribution < -0.4 is 15.9 Å². The fourth-order valence-corrected chi connectivity index (χ4v) is 13.5. The maximum absolute atomic E-state index is 14.0. The third-order valence-electron chi connectivity index (χ3n) is 7.78. The van der Waals surface area contributed by atoms with E-state index in [0.29, 0.717) is 0 Å². The number of sulfonamides is 1. The lowest BCUT2D eigenvalue weighted by atomic mass is 9.83. The molecular weight excluding hydrogens is 513 g/mol. The number of fused-ring (bicyclic) bond motifs is 1. The molecule has 1 heterocycles. The van der Waals surface area contributed by atoms with Crippen LogP contribution in [-0.4, -0.2) is 48.8 Å². The quantitative estimate of drug-likeness (QED) is 0.331. The highest BCUT2D eigenvalue weighted by Gasteiger charge is 2.71. The standard InChI is InChI=1S/C31H33NO4PS/c1-4-36-30(33)28-29(27-22-14-15-23-31(27,2)32(28)38(3,34)35)37(24-16-8-5-9-17-24,25-18-10-6-11-19-25)26-20-12-7-13-21-26/h5-23,27-29H,4H2,1-3H3/q+1. The van der Waals surface area contributed by atoms with Gasteiger partial charge in [-0.25, -0.2) is 8.42 Å². The molecule has 38 heavy (non-hydrogen) atoms. The van der Waals surface area contributed by atoms with E-state index in [4.69, 9.17) is 4.74 Å². The van der Waals surface area contributed by atoms with Crippen molar-refractivity contribution in [1.82, 2.24) is 4.31 Å². The average molecular weight is 547 g/mol. The van der Waals surface area contributed by atoms with Gasteiger partial charge in [-0.1, -0.05) is 78.9 Å². The van der Waals surface area contributed by atoms with Crippen molar-refractivity contribution in [3.8, 4) is 0 Å². The van der Waals surface area contributed by atoms with Gasteiger partial charge in [-0.3, -0.25) is 4.79 Å². The van der Waals surface area contributed by atoms with Gasteiger partial charge in [0.1, 0.15) is 28.8 Å². The summed E-state index contributed by atoms with van der Waals surface area (Å²) in [7, 11) is -6.48. The molecular formula is C31H33NO4PS+. The van der Waals surface area contributed by atoms with Gasteiger partial charge in [0.15, 0.2) is 6.04 Å². The molecule has 5 rings (SSSR count). The highest BCUT2D eigenvalue weighted by Crippen LogP contribution is 2.68. The monoisotopic (exact) mass is 546 g/mol. The normalized spacial score (nSPS) is 25.2. The lowest BCUT2D eigenvalue weighted by Crippen LogP contribution is -2.53. The molecule has 0 aromatic heterocycles. The summed E-state index contributed by atoms with van der Waals surface area (Å²) >= 11 is 0. The minimum atomic E-state index is -3.82. The van der Waals surface area contributed by atoms with Gasteiger partial charge in [-0.2, -0.15) is 4.31 Å². The van der Waals surface area contributed by atoms with E-state index < -0.39 is 40.5 Å². The number of ether oxygens (including phenoxy) is 1. The van der Waals surface area contributed by atoms with Crippen molar-refractivity contribution in [3.63, 3.8) is 0 Å². The number of carbonyl (C=O) groups excluding carboxylic acids is 1. The van der Waals surface area contributed by atoms with Crippen LogP contribution in [0.15, 0.2) is 115 Å². The fraction of sp³-hybridized carbons (Fsp3) is 0.258. The summed E-state index contributed by atoms with van der Waals surface area (Å²) in [5.41, 5.74) is -1.34. The van der Waals surface area contributed by atoms with E-state index in [2.05, 4.69) is 42.5 Å². The molecule has 5 nitrogen and oxygen atoms in total. The molecule has 0 saturated carbocycles. The van der Waals surface area contributed by atoms with Crippen molar-refractivity contribution in [2.75, 3.05) is 12.9 Å². The first-order valence-corrected chi connectivity index (χ1v) is 16.5. The van der Waals surface area contributed by atoms with Crippen molar-refractivity contribution in [2.45, 2.75) is 31.1 Å². The molecule has 4 atom stereocenters. The first-order chi connectivity index (χ1) is 18.3. The van der Waals surface area contributed by atoms with E-state index in [-0.39, 0.29) is 12.5 Å². The van der Waals surface area contributed by atoms with Crippen molar-refractivity contribution < 1.29 is 17.9 Å². The Morgan fingerprint density at radius 1 is 0.868 bits per heavy atom. The summed E-state index contributed by atoms with van der Waals surface area (Å²) in [6, 6.07) is 29.8. The fourth-order valence-electron chi connectivity index (χ4n) is 6.49. The Bertz CT molecular complexity index is 1360. The minimum absolute atomic E-state index is 0.167. The van der Waals surface area contributed by atoms with Crippen molar-refractivity contribution >= 4 is 39.2 Å². The highest BCUT2D eigenvalue weighted by molar-refractivity contribution is 7.96. The zero-order valence-electron chi connectivity index (χ0n) is 21.8. The third-order valence-corrected chi connectivity index (χ3v) is 14.0. The molecule has 1 fully saturated rings. The van der Waals surface area contributed by atoms with E-state index in [9.17, 15) is 13.2 Å². The van der Waals surface area contributed by atoms with Crippen molar-refractivity contribution in [3.05, 3.63) is 115 Å². The summed E-state index contributed by atoms with van der Waals surface area (Å²) in [6.45, 7) is 3.86. The van der Waals surface area contributed by atoms with E-state index >= 15 is 0 Å². The molecule has 3 aromatic rings. The van der Waals surface area contributed by atoms with Crippen LogP contribution >= 0.6 is 7.26 Å². The van der Waals surface area contributed by atoms with Gasteiger partial charge in [-0.05, 0) is 50.2 Å². The second kappa shape index (κ2) is 10.3. The molecule has 2 aliphatic rings. The van der Waals surface area contributed by atoms with Gasteiger partial charge in [0.25, 0.3) is 0 Å². The zero-order chi connectivity index (χ0) is 27.0. The number of benzene rings is 3. The number of nitrogens with zero attached hydrogens (tertiary/aromatic N) is 1. The van der Waals surface area contributed by atoms with E-state index in [1.54, 1.807) is 6.92 Å². The van der Waals surface area contributed by atoms with Crippen LogP contribution in [0.1, 0.15) is 13.8 Å². The molecule has 1 aliphatic heterocycles. The Balaban J connectivity index is 1.95. The van der Waals surface area contributed by atoms with E-state index in [1.165, 1.54) is 10.6 Å². The predicted molar refractivity (Wildman–Crippen MR) is 156 cm³/mol. The Kier molecular flexibility index (Phi) is 7.17. The molecule has 0 spiro atoms. The van der Waals surface area contributed by atoms with Gasteiger partial charge in [-0.15, -0.1) is 0 Å². The number of hydrogen-bond donors (Lipinski definition) is 0. The molecule has 4 unspecified atom stereocenters. The van der Waals surface area contributed by atoms with Gasteiger partial charge >= 0.3 is 5.97 Å². The van der Waals surface area contributed by atoms with Gasteiger partial charge < -0.3 is 4.74 Å². The number of carbonyl (C=O) groups is 1. The molecule has 1 saturated heterocycles. The van der Waals surface area contributed by atoms with Crippen molar-refractivity contribution in [1.29, 1.82) is 0 Å². The SMILES string of the molecule is CCOC(=O)C1C([P+](c2ccccc2)(c2ccccc2)c2ccccc2)C2C=CC=CC2(C)N1S(C)(=O)=O. The summed E-state index contributed by atoms with van der Waals surface area (Å²) in [5.74, 6) is -0.780. The molecule has 3 aromatic carbocycles. The summed E-state index contributed by atoms with van der Waals surface area (Å²) in [4.78, 5) is 14.0. The van der Waals surface area contributed by atoms with Crippen LogP contribution in [0.3, 0.4) is 0 Å². The predicted octanol–water partition coefficient (Wildman–Crippen LogP) is 4.06. The molecule has 1 aliphatic carbocycles.